The summed E-state index contributed by atoms with van der Waals surface area (Å²) in [5.41, 5.74) is 2.52. The minimum Gasteiger partial charge on any atom is -0.360 e. The second-order valence-electron chi connectivity index (χ2n) is 7.27. The van der Waals surface area contributed by atoms with E-state index in [1.807, 2.05) is 6.07 Å². The lowest BCUT2D eigenvalue weighted by Crippen LogP contribution is -2.53. The maximum absolute atomic E-state index is 13.1. The normalized spacial score (nSPS) is 21.2. The van der Waals surface area contributed by atoms with Gasteiger partial charge in [0, 0.05) is 45.0 Å². The van der Waals surface area contributed by atoms with Crippen molar-refractivity contribution in [1.82, 2.24) is 9.80 Å². The van der Waals surface area contributed by atoms with E-state index < -0.39 is 0 Å². The lowest BCUT2D eigenvalue weighted by atomic mass is 10.1. The Bertz CT molecular complexity index is 711. The molecule has 0 spiro atoms. The van der Waals surface area contributed by atoms with Gasteiger partial charge in [-0.3, -0.25) is 9.69 Å². The zero-order chi connectivity index (χ0) is 17.8. The summed E-state index contributed by atoms with van der Waals surface area (Å²) in [6.07, 6.45) is 2.07. The van der Waals surface area contributed by atoms with Crippen molar-refractivity contribution >= 4 is 11.6 Å². The van der Waals surface area contributed by atoms with E-state index in [0.717, 1.165) is 52.1 Å². The van der Waals surface area contributed by atoms with Crippen LogP contribution in [0, 0.1) is 0 Å². The number of carbonyl (C=O) groups is 1. The summed E-state index contributed by atoms with van der Waals surface area (Å²) in [7, 11) is 0. The molecule has 0 saturated carbocycles. The van der Waals surface area contributed by atoms with Gasteiger partial charge in [-0.05, 0) is 30.5 Å². The van der Waals surface area contributed by atoms with Gasteiger partial charge in [0.25, 0.3) is 0 Å². The monoisotopic (exact) mass is 349 g/mol. The zero-order valence-corrected chi connectivity index (χ0v) is 15.3. The van der Waals surface area contributed by atoms with E-state index in [1.54, 1.807) is 0 Å². The SMILES string of the molecule is O=C(C1CCCN1c1ccccc1)N1CCN(Cc2ccccc2)CC1. The lowest BCUT2D eigenvalue weighted by Gasteiger charge is -2.37. The number of piperazine rings is 1. The summed E-state index contributed by atoms with van der Waals surface area (Å²) in [4.78, 5) is 19.9. The highest BCUT2D eigenvalue weighted by atomic mass is 16.2. The van der Waals surface area contributed by atoms with Crippen LogP contribution in [0.5, 0.6) is 0 Å². The van der Waals surface area contributed by atoms with Crippen LogP contribution in [-0.2, 0) is 11.3 Å². The zero-order valence-electron chi connectivity index (χ0n) is 15.3. The number of nitrogens with zero attached hydrogens (tertiary/aromatic N) is 3. The molecule has 4 nitrogen and oxygen atoms in total. The number of hydrogen-bond acceptors (Lipinski definition) is 3. The standard InChI is InChI=1S/C22H27N3O/c26-22(21-12-7-13-25(21)20-10-5-2-6-11-20)24-16-14-23(15-17-24)18-19-8-3-1-4-9-19/h1-6,8-11,21H,7,12-18H2. The summed E-state index contributed by atoms with van der Waals surface area (Å²) in [6.45, 7) is 5.55. The molecule has 2 aliphatic heterocycles. The Hall–Kier alpha value is -2.33. The highest BCUT2D eigenvalue weighted by Gasteiger charge is 2.34. The molecule has 2 saturated heterocycles. The molecule has 0 aliphatic carbocycles. The van der Waals surface area contributed by atoms with E-state index in [-0.39, 0.29) is 6.04 Å². The van der Waals surface area contributed by atoms with E-state index in [9.17, 15) is 4.79 Å². The van der Waals surface area contributed by atoms with Crippen molar-refractivity contribution in [3.63, 3.8) is 0 Å². The molecule has 4 rings (SSSR count). The molecule has 2 heterocycles. The minimum absolute atomic E-state index is 0.0121. The van der Waals surface area contributed by atoms with Gasteiger partial charge in [0.05, 0.1) is 0 Å². The van der Waals surface area contributed by atoms with E-state index in [0.29, 0.717) is 5.91 Å². The molecule has 2 aliphatic rings. The molecule has 1 atom stereocenters. The van der Waals surface area contributed by atoms with Crippen molar-refractivity contribution in [2.45, 2.75) is 25.4 Å². The van der Waals surface area contributed by atoms with Crippen molar-refractivity contribution in [3.8, 4) is 0 Å². The van der Waals surface area contributed by atoms with Gasteiger partial charge >= 0.3 is 0 Å². The van der Waals surface area contributed by atoms with Crippen LogP contribution in [0.4, 0.5) is 5.69 Å². The van der Waals surface area contributed by atoms with Crippen LogP contribution in [0.1, 0.15) is 18.4 Å². The maximum Gasteiger partial charge on any atom is 0.245 e. The third kappa shape index (κ3) is 3.75. The molecule has 26 heavy (non-hydrogen) atoms. The quantitative estimate of drug-likeness (QED) is 0.849. The van der Waals surface area contributed by atoms with Gasteiger partial charge in [-0.2, -0.15) is 0 Å². The Morgan fingerprint density at radius 1 is 0.846 bits per heavy atom. The molecule has 0 N–H and O–H groups in total. The Kier molecular flexibility index (Phi) is 5.21. The van der Waals surface area contributed by atoms with Crippen molar-refractivity contribution in [1.29, 1.82) is 0 Å². The average Bonchev–Trinajstić information content (AvgIpc) is 3.19. The predicted molar refractivity (Wildman–Crippen MR) is 105 cm³/mol. The van der Waals surface area contributed by atoms with E-state index in [4.69, 9.17) is 0 Å². The molecule has 2 aromatic carbocycles. The lowest BCUT2D eigenvalue weighted by molar-refractivity contribution is -0.134. The molecule has 4 heteroatoms. The molecular weight excluding hydrogens is 322 g/mol. The van der Waals surface area contributed by atoms with Crippen LogP contribution in [0.15, 0.2) is 60.7 Å². The molecule has 1 unspecified atom stereocenters. The van der Waals surface area contributed by atoms with Crippen LogP contribution in [0.3, 0.4) is 0 Å². The number of carbonyl (C=O) groups excluding carboxylic acids is 1. The second kappa shape index (κ2) is 7.92. The van der Waals surface area contributed by atoms with Gasteiger partial charge < -0.3 is 9.80 Å². The summed E-state index contributed by atoms with van der Waals surface area (Å²) < 4.78 is 0. The Balaban J connectivity index is 1.34. The topological polar surface area (TPSA) is 26.8 Å². The van der Waals surface area contributed by atoms with Crippen molar-refractivity contribution in [3.05, 3.63) is 66.2 Å². The first-order chi connectivity index (χ1) is 12.8. The van der Waals surface area contributed by atoms with E-state index >= 15 is 0 Å². The molecular formula is C22H27N3O. The van der Waals surface area contributed by atoms with Gasteiger partial charge in [0.15, 0.2) is 0 Å². The van der Waals surface area contributed by atoms with E-state index in [1.165, 1.54) is 11.3 Å². The molecule has 0 radical (unpaired) electrons. The first-order valence-corrected chi connectivity index (χ1v) is 9.68. The van der Waals surface area contributed by atoms with Gasteiger partial charge in [0.2, 0.25) is 5.91 Å². The highest BCUT2D eigenvalue weighted by Crippen LogP contribution is 2.26. The highest BCUT2D eigenvalue weighted by molar-refractivity contribution is 5.86. The number of hydrogen-bond donors (Lipinski definition) is 0. The fourth-order valence-corrected chi connectivity index (χ4v) is 4.13. The first kappa shape index (κ1) is 17.1. The van der Waals surface area contributed by atoms with Gasteiger partial charge in [-0.15, -0.1) is 0 Å². The Labute approximate surface area is 156 Å². The van der Waals surface area contributed by atoms with Crippen LogP contribution in [0.2, 0.25) is 0 Å². The fraction of sp³-hybridized carbons (Fsp3) is 0.409. The van der Waals surface area contributed by atoms with Crippen LogP contribution in [-0.4, -0.2) is 54.5 Å². The fourth-order valence-electron chi connectivity index (χ4n) is 4.13. The molecule has 0 aromatic heterocycles. The second-order valence-corrected chi connectivity index (χ2v) is 7.27. The summed E-state index contributed by atoms with van der Waals surface area (Å²) in [5, 5.41) is 0. The largest absolute Gasteiger partial charge is 0.360 e. The summed E-state index contributed by atoms with van der Waals surface area (Å²) in [6, 6.07) is 21.0. The van der Waals surface area contributed by atoms with Crippen LogP contribution < -0.4 is 4.90 Å². The minimum atomic E-state index is 0.0121. The first-order valence-electron chi connectivity index (χ1n) is 9.68. The third-order valence-electron chi connectivity index (χ3n) is 5.56. The van der Waals surface area contributed by atoms with Gasteiger partial charge in [-0.1, -0.05) is 48.5 Å². The van der Waals surface area contributed by atoms with Crippen molar-refractivity contribution < 1.29 is 4.79 Å². The smallest absolute Gasteiger partial charge is 0.245 e. The Morgan fingerprint density at radius 3 is 2.19 bits per heavy atom. The summed E-state index contributed by atoms with van der Waals surface area (Å²) >= 11 is 0. The van der Waals surface area contributed by atoms with Crippen LogP contribution in [0.25, 0.3) is 0 Å². The molecule has 0 bridgehead atoms. The number of amides is 1. The van der Waals surface area contributed by atoms with Crippen molar-refractivity contribution in [2.75, 3.05) is 37.6 Å². The molecule has 2 fully saturated rings. The van der Waals surface area contributed by atoms with E-state index in [2.05, 4.69) is 69.3 Å². The van der Waals surface area contributed by atoms with Crippen LogP contribution >= 0.6 is 0 Å². The predicted octanol–water partition coefficient (Wildman–Crippen LogP) is 3.00. The maximum atomic E-state index is 13.1. The number of rotatable bonds is 4. The third-order valence-corrected chi connectivity index (χ3v) is 5.56. The summed E-state index contributed by atoms with van der Waals surface area (Å²) in [5.74, 6) is 0.311. The molecule has 2 aromatic rings. The number of para-hydroxylation sites is 1. The molecule has 136 valence electrons. The Morgan fingerprint density at radius 2 is 1.50 bits per heavy atom. The molecule has 1 amide bonds. The average molecular weight is 349 g/mol. The number of anilines is 1. The number of benzene rings is 2. The van der Waals surface area contributed by atoms with Gasteiger partial charge in [0.1, 0.15) is 6.04 Å². The van der Waals surface area contributed by atoms with Gasteiger partial charge in [-0.25, -0.2) is 0 Å². The van der Waals surface area contributed by atoms with Crippen molar-refractivity contribution in [2.24, 2.45) is 0 Å².